The SMILES string of the molecule is CC(C)(C)c1cc(C2N=C(NC#N)Nc3nc(N)c(C#N)c(N)c32)cc(C(C)(C)C)c1O. The number of guanidine groups is 1. The summed E-state index contributed by atoms with van der Waals surface area (Å²) < 4.78 is 0. The van der Waals surface area contributed by atoms with Gasteiger partial charge in [-0.1, -0.05) is 41.5 Å². The number of hydrogen-bond donors (Lipinski definition) is 5. The van der Waals surface area contributed by atoms with Crippen LogP contribution in [0.5, 0.6) is 5.75 Å². The number of hydrogen-bond acceptors (Lipinski definition) is 9. The Hall–Kier alpha value is -3.98. The summed E-state index contributed by atoms with van der Waals surface area (Å²) in [7, 11) is 0. The Labute approximate surface area is 187 Å². The van der Waals surface area contributed by atoms with Gasteiger partial charge in [0.15, 0.2) is 6.19 Å². The zero-order valence-corrected chi connectivity index (χ0v) is 19.1. The number of anilines is 3. The number of nitrogens with two attached hydrogens (primary N) is 2. The van der Waals surface area contributed by atoms with Crippen molar-refractivity contribution < 1.29 is 5.11 Å². The minimum Gasteiger partial charge on any atom is -0.507 e. The van der Waals surface area contributed by atoms with Crippen LogP contribution < -0.4 is 22.1 Å². The molecule has 0 saturated carbocycles. The van der Waals surface area contributed by atoms with Crippen molar-refractivity contribution in [3.05, 3.63) is 39.9 Å². The van der Waals surface area contributed by atoms with Gasteiger partial charge in [-0.2, -0.15) is 10.5 Å². The number of rotatable bonds is 1. The predicted molar refractivity (Wildman–Crippen MR) is 125 cm³/mol. The molecule has 32 heavy (non-hydrogen) atoms. The van der Waals surface area contributed by atoms with E-state index in [9.17, 15) is 10.4 Å². The molecule has 1 aliphatic rings. The summed E-state index contributed by atoms with van der Waals surface area (Å²) >= 11 is 0. The van der Waals surface area contributed by atoms with Crippen molar-refractivity contribution >= 4 is 23.3 Å². The van der Waals surface area contributed by atoms with E-state index in [-0.39, 0.29) is 39.6 Å². The fourth-order valence-corrected chi connectivity index (χ4v) is 3.78. The number of nitrogen functional groups attached to an aromatic ring is 2. The van der Waals surface area contributed by atoms with E-state index in [0.717, 1.165) is 16.7 Å². The molecular formula is C23H28N8O. The van der Waals surface area contributed by atoms with Crippen molar-refractivity contribution in [2.75, 3.05) is 16.8 Å². The number of phenolic OH excluding ortho intramolecular Hbond substituents is 1. The summed E-state index contributed by atoms with van der Waals surface area (Å²) in [4.78, 5) is 8.94. The van der Waals surface area contributed by atoms with Crippen LogP contribution in [0.15, 0.2) is 17.1 Å². The Bertz CT molecular complexity index is 1170. The third-order valence-electron chi connectivity index (χ3n) is 5.42. The van der Waals surface area contributed by atoms with Gasteiger partial charge < -0.3 is 21.9 Å². The van der Waals surface area contributed by atoms with Gasteiger partial charge in [0.25, 0.3) is 0 Å². The number of aliphatic imine (C=N–C) groups is 1. The largest absolute Gasteiger partial charge is 0.507 e. The molecule has 1 aliphatic heterocycles. The van der Waals surface area contributed by atoms with Gasteiger partial charge in [-0.3, -0.25) is 5.32 Å². The topological polar surface area (TPSA) is 169 Å². The summed E-state index contributed by atoms with van der Waals surface area (Å²) in [6.07, 6.45) is 1.85. The first-order valence-electron chi connectivity index (χ1n) is 10.2. The summed E-state index contributed by atoms with van der Waals surface area (Å²) in [5.74, 6) is 0.733. The second kappa shape index (κ2) is 7.61. The lowest BCUT2D eigenvalue weighted by Gasteiger charge is -2.31. The van der Waals surface area contributed by atoms with E-state index >= 15 is 0 Å². The maximum absolute atomic E-state index is 11.1. The normalized spacial score (nSPS) is 15.6. The average Bonchev–Trinajstić information content (AvgIpc) is 2.66. The van der Waals surface area contributed by atoms with E-state index in [4.69, 9.17) is 16.7 Å². The van der Waals surface area contributed by atoms with E-state index in [0.29, 0.717) is 11.4 Å². The standard InChI is InChI=1S/C23H28N8O/c1-22(2,3)13-7-11(8-14(18(13)32)23(4,5)6)17-15-16(26)12(9-24)19(27)30-20(15)31-21(29-17)28-10-25/h7-8,17,32H,1-6H3,(H6,26,27,28,29,30,31). The molecular weight excluding hydrogens is 404 g/mol. The Kier molecular flexibility index (Phi) is 5.40. The van der Waals surface area contributed by atoms with Crippen molar-refractivity contribution in [3.63, 3.8) is 0 Å². The molecule has 9 heteroatoms. The maximum atomic E-state index is 11.1. The Morgan fingerprint density at radius 3 is 2.09 bits per heavy atom. The smallest absolute Gasteiger partial charge is 0.211 e. The van der Waals surface area contributed by atoms with E-state index in [1.54, 1.807) is 0 Å². The molecule has 0 saturated heterocycles. The summed E-state index contributed by atoms with van der Waals surface area (Å²) in [6.45, 7) is 12.1. The summed E-state index contributed by atoms with van der Waals surface area (Å²) in [5.41, 5.74) is 14.6. The van der Waals surface area contributed by atoms with Crippen LogP contribution in [0.3, 0.4) is 0 Å². The number of phenols is 1. The summed E-state index contributed by atoms with van der Waals surface area (Å²) in [6, 6.07) is 5.11. The molecule has 1 unspecified atom stereocenters. The highest BCUT2D eigenvalue weighted by Crippen LogP contribution is 2.45. The van der Waals surface area contributed by atoms with Crippen LogP contribution in [0.25, 0.3) is 0 Å². The highest BCUT2D eigenvalue weighted by molar-refractivity contribution is 5.98. The number of nitrogens with zero attached hydrogens (tertiary/aromatic N) is 4. The minimum absolute atomic E-state index is 0.00956. The second-order valence-corrected chi connectivity index (χ2v) is 9.87. The number of benzene rings is 1. The molecule has 0 spiro atoms. The quantitative estimate of drug-likeness (QED) is 0.337. The summed E-state index contributed by atoms with van der Waals surface area (Å²) in [5, 5.41) is 35.2. The number of fused-ring (bicyclic) bond motifs is 1. The van der Waals surface area contributed by atoms with Crippen molar-refractivity contribution in [1.82, 2.24) is 10.3 Å². The van der Waals surface area contributed by atoms with Gasteiger partial charge in [0, 0.05) is 5.56 Å². The number of pyridine rings is 1. The first-order chi connectivity index (χ1) is 14.8. The number of aromatic hydroxyl groups is 1. The van der Waals surface area contributed by atoms with Gasteiger partial charge in [0.05, 0.1) is 5.69 Å². The molecule has 2 heterocycles. The lowest BCUT2D eigenvalue weighted by Crippen LogP contribution is -2.33. The zero-order valence-electron chi connectivity index (χ0n) is 19.1. The molecule has 0 aliphatic carbocycles. The van der Waals surface area contributed by atoms with Crippen molar-refractivity contribution in [1.29, 1.82) is 10.5 Å². The van der Waals surface area contributed by atoms with E-state index in [1.807, 2.05) is 65.9 Å². The molecule has 1 aromatic carbocycles. The molecule has 1 atom stereocenters. The van der Waals surface area contributed by atoms with Crippen LogP contribution in [-0.2, 0) is 10.8 Å². The molecule has 9 nitrogen and oxygen atoms in total. The number of nitriles is 2. The van der Waals surface area contributed by atoms with Gasteiger partial charge in [-0.15, -0.1) is 0 Å². The van der Waals surface area contributed by atoms with Gasteiger partial charge in [-0.25, -0.2) is 9.98 Å². The van der Waals surface area contributed by atoms with E-state index in [1.165, 1.54) is 0 Å². The minimum atomic E-state index is -0.676. The van der Waals surface area contributed by atoms with Crippen LogP contribution in [0.2, 0.25) is 0 Å². The third kappa shape index (κ3) is 3.85. The molecule has 0 radical (unpaired) electrons. The van der Waals surface area contributed by atoms with Crippen molar-refractivity contribution in [2.24, 2.45) is 4.99 Å². The van der Waals surface area contributed by atoms with Crippen molar-refractivity contribution in [2.45, 2.75) is 58.4 Å². The van der Waals surface area contributed by atoms with Gasteiger partial charge in [0.1, 0.15) is 35.1 Å². The molecule has 0 fully saturated rings. The van der Waals surface area contributed by atoms with Crippen LogP contribution in [0.4, 0.5) is 17.3 Å². The van der Waals surface area contributed by atoms with Crippen LogP contribution in [-0.4, -0.2) is 16.1 Å². The molecule has 7 N–H and O–H groups in total. The molecule has 0 amide bonds. The molecule has 1 aromatic heterocycles. The molecule has 166 valence electrons. The first-order valence-corrected chi connectivity index (χ1v) is 10.2. The van der Waals surface area contributed by atoms with Crippen molar-refractivity contribution in [3.8, 4) is 18.0 Å². The average molecular weight is 433 g/mol. The lowest BCUT2D eigenvalue weighted by atomic mass is 9.77. The Morgan fingerprint density at radius 2 is 1.62 bits per heavy atom. The first kappa shape index (κ1) is 22.7. The van der Waals surface area contributed by atoms with Gasteiger partial charge in [-0.05, 0) is 39.7 Å². The zero-order chi connectivity index (χ0) is 24.0. The van der Waals surface area contributed by atoms with Crippen LogP contribution in [0, 0.1) is 22.8 Å². The predicted octanol–water partition coefficient (Wildman–Crippen LogP) is 3.36. The Balaban J connectivity index is 2.39. The fourth-order valence-electron chi connectivity index (χ4n) is 3.78. The monoisotopic (exact) mass is 432 g/mol. The van der Waals surface area contributed by atoms with E-state index in [2.05, 4.69) is 20.6 Å². The maximum Gasteiger partial charge on any atom is 0.211 e. The van der Waals surface area contributed by atoms with Crippen LogP contribution >= 0.6 is 0 Å². The lowest BCUT2D eigenvalue weighted by molar-refractivity contribution is 0.422. The highest BCUT2D eigenvalue weighted by Gasteiger charge is 2.33. The van der Waals surface area contributed by atoms with Crippen LogP contribution in [0.1, 0.15) is 75.4 Å². The van der Waals surface area contributed by atoms with Gasteiger partial charge >= 0.3 is 0 Å². The third-order valence-corrected chi connectivity index (χ3v) is 5.42. The second-order valence-electron chi connectivity index (χ2n) is 9.87. The van der Waals surface area contributed by atoms with Gasteiger partial charge in [0.2, 0.25) is 5.96 Å². The Morgan fingerprint density at radius 1 is 1.06 bits per heavy atom. The molecule has 0 bridgehead atoms. The number of aromatic nitrogens is 1. The molecule has 3 rings (SSSR count). The highest BCUT2D eigenvalue weighted by atomic mass is 16.3. The number of nitrogens with one attached hydrogen (secondary N) is 2. The van der Waals surface area contributed by atoms with E-state index < -0.39 is 6.04 Å². The molecule has 2 aromatic rings. The fraction of sp³-hybridized carbons (Fsp3) is 0.391.